The van der Waals surface area contributed by atoms with Crippen molar-refractivity contribution in [2.24, 2.45) is 0 Å². The van der Waals surface area contributed by atoms with Crippen molar-refractivity contribution in [1.82, 2.24) is 0 Å². The fourth-order valence-corrected chi connectivity index (χ4v) is 2.23. The van der Waals surface area contributed by atoms with E-state index in [-0.39, 0.29) is 6.04 Å². The largest absolute Gasteiger partial charge is 0.397 e. The van der Waals surface area contributed by atoms with Gasteiger partial charge in [0.05, 0.1) is 11.4 Å². The molecule has 1 aromatic rings. The lowest BCUT2D eigenvalue weighted by Gasteiger charge is -2.18. The quantitative estimate of drug-likeness (QED) is 0.775. The van der Waals surface area contributed by atoms with Crippen molar-refractivity contribution in [3.8, 4) is 0 Å². The van der Waals surface area contributed by atoms with E-state index in [9.17, 15) is 4.21 Å². The molecule has 0 aliphatic carbocycles. The number of para-hydroxylation sites is 1. The van der Waals surface area contributed by atoms with Crippen molar-refractivity contribution in [1.29, 1.82) is 0 Å². The predicted molar refractivity (Wildman–Crippen MR) is 72.2 cm³/mol. The van der Waals surface area contributed by atoms with Gasteiger partial charge in [0.15, 0.2) is 0 Å². The highest BCUT2D eigenvalue weighted by Crippen LogP contribution is 2.23. The van der Waals surface area contributed by atoms with Crippen molar-refractivity contribution in [2.45, 2.75) is 26.3 Å². The van der Waals surface area contributed by atoms with Crippen LogP contribution < -0.4 is 11.1 Å². The topological polar surface area (TPSA) is 55.1 Å². The number of hydrogen-bond donors (Lipinski definition) is 2. The molecule has 0 spiro atoms. The molecule has 16 heavy (non-hydrogen) atoms. The number of nitrogens with two attached hydrogens (primary N) is 1. The van der Waals surface area contributed by atoms with Gasteiger partial charge >= 0.3 is 0 Å². The summed E-state index contributed by atoms with van der Waals surface area (Å²) in [6, 6.07) is 6.15. The van der Waals surface area contributed by atoms with Gasteiger partial charge in [-0.2, -0.15) is 0 Å². The number of anilines is 2. The van der Waals surface area contributed by atoms with Crippen LogP contribution >= 0.6 is 0 Å². The maximum atomic E-state index is 11.0. The van der Waals surface area contributed by atoms with Gasteiger partial charge in [0, 0.05) is 28.9 Å². The number of nitrogen functional groups attached to an aromatic ring is 1. The van der Waals surface area contributed by atoms with Crippen LogP contribution in [0.2, 0.25) is 0 Å². The van der Waals surface area contributed by atoms with Crippen molar-refractivity contribution in [2.75, 3.05) is 23.1 Å². The minimum atomic E-state index is -0.726. The number of hydrogen-bond acceptors (Lipinski definition) is 3. The monoisotopic (exact) mass is 240 g/mol. The van der Waals surface area contributed by atoms with E-state index >= 15 is 0 Å². The highest BCUT2D eigenvalue weighted by molar-refractivity contribution is 7.84. The van der Waals surface area contributed by atoms with Crippen LogP contribution in [-0.2, 0) is 10.8 Å². The van der Waals surface area contributed by atoms with Gasteiger partial charge in [-0.1, -0.05) is 12.1 Å². The Labute approximate surface area is 99.9 Å². The van der Waals surface area contributed by atoms with Crippen molar-refractivity contribution in [3.63, 3.8) is 0 Å². The molecule has 2 atom stereocenters. The third kappa shape index (κ3) is 3.85. The summed E-state index contributed by atoms with van der Waals surface area (Å²) >= 11 is 0. The van der Waals surface area contributed by atoms with E-state index in [1.54, 1.807) is 6.26 Å². The summed E-state index contributed by atoms with van der Waals surface area (Å²) in [5.41, 5.74) is 8.81. The molecule has 0 aliphatic heterocycles. The molecule has 2 unspecified atom stereocenters. The van der Waals surface area contributed by atoms with E-state index in [0.29, 0.717) is 0 Å². The van der Waals surface area contributed by atoms with Gasteiger partial charge in [0.25, 0.3) is 0 Å². The maximum Gasteiger partial charge on any atom is 0.0605 e. The molecular weight excluding hydrogens is 220 g/mol. The molecule has 0 aliphatic rings. The highest BCUT2D eigenvalue weighted by Gasteiger charge is 2.07. The lowest BCUT2D eigenvalue weighted by Crippen LogP contribution is -2.19. The zero-order valence-electron chi connectivity index (χ0n) is 10.1. The van der Waals surface area contributed by atoms with Crippen LogP contribution in [0.3, 0.4) is 0 Å². The summed E-state index contributed by atoms with van der Waals surface area (Å²) in [5.74, 6) is 0.722. The molecule has 1 rings (SSSR count). The summed E-state index contributed by atoms with van der Waals surface area (Å²) in [7, 11) is -0.726. The van der Waals surface area contributed by atoms with Gasteiger partial charge in [0.1, 0.15) is 0 Å². The van der Waals surface area contributed by atoms with Crippen LogP contribution in [0.4, 0.5) is 11.4 Å². The lowest BCUT2D eigenvalue weighted by atomic mass is 10.1. The van der Waals surface area contributed by atoms with Crippen LogP contribution in [0.1, 0.15) is 18.9 Å². The Bertz CT molecular complexity index is 359. The van der Waals surface area contributed by atoms with Crippen molar-refractivity contribution >= 4 is 22.2 Å². The molecule has 0 saturated heterocycles. The molecule has 0 saturated carbocycles. The first-order chi connectivity index (χ1) is 7.50. The Morgan fingerprint density at radius 2 is 2.19 bits per heavy atom. The number of benzene rings is 1. The first-order valence-electron chi connectivity index (χ1n) is 5.42. The second-order valence-electron chi connectivity index (χ2n) is 4.15. The molecule has 0 aromatic heterocycles. The third-order valence-corrected chi connectivity index (χ3v) is 3.34. The summed E-state index contributed by atoms with van der Waals surface area (Å²) in [6.45, 7) is 4.11. The third-order valence-electron chi connectivity index (χ3n) is 2.53. The minimum Gasteiger partial charge on any atom is -0.397 e. The van der Waals surface area contributed by atoms with Gasteiger partial charge in [-0.3, -0.25) is 4.21 Å². The summed E-state index contributed by atoms with van der Waals surface area (Å²) in [4.78, 5) is 0. The molecule has 3 N–H and O–H groups in total. The highest BCUT2D eigenvalue weighted by atomic mass is 32.2. The van der Waals surface area contributed by atoms with E-state index in [1.807, 2.05) is 25.1 Å². The number of nitrogens with one attached hydrogen (secondary N) is 1. The van der Waals surface area contributed by atoms with E-state index in [4.69, 9.17) is 5.73 Å². The number of rotatable bonds is 5. The van der Waals surface area contributed by atoms with Gasteiger partial charge in [-0.25, -0.2) is 0 Å². The molecule has 4 heteroatoms. The Morgan fingerprint density at radius 3 is 2.75 bits per heavy atom. The van der Waals surface area contributed by atoms with Crippen LogP contribution in [0.25, 0.3) is 0 Å². The van der Waals surface area contributed by atoms with E-state index in [0.717, 1.165) is 29.1 Å². The second-order valence-corrected chi connectivity index (χ2v) is 5.71. The van der Waals surface area contributed by atoms with Crippen molar-refractivity contribution < 1.29 is 4.21 Å². The molecule has 0 amide bonds. The summed E-state index contributed by atoms with van der Waals surface area (Å²) in [5, 5.41) is 3.37. The minimum absolute atomic E-state index is 0.285. The first-order valence-corrected chi connectivity index (χ1v) is 7.15. The van der Waals surface area contributed by atoms with Gasteiger partial charge in [-0.15, -0.1) is 0 Å². The molecule has 90 valence electrons. The lowest BCUT2D eigenvalue weighted by molar-refractivity contribution is 0.678. The van der Waals surface area contributed by atoms with Gasteiger partial charge in [0.2, 0.25) is 0 Å². The first kappa shape index (κ1) is 13.0. The fraction of sp³-hybridized carbons (Fsp3) is 0.500. The van der Waals surface area contributed by atoms with Crippen LogP contribution in [-0.4, -0.2) is 22.3 Å². The van der Waals surface area contributed by atoms with Gasteiger partial charge < -0.3 is 11.1 Å². The normalized spacial score (nSPS) is 14.4. The Morgan fingerprint density at radius 1 is 1.50 bits per heavy atom. The Hall–Kier alpha value is -1.03. The average Bonchev–Trinajstić information content (AvgIpc) is 2.21. The smallest absolute Gasteiger partial charge is 0.0605 e. The average molecular weight is 240 g/mol. The Kier molecular flexibility index (Phi) is 4.80. The van der Waals surface area contributed by atoms with Crippen LogP contribution in [0.5, 0.6) is 0 Å². The predicted octanol–water partition coefficient (Wildman–Crippen LogP) is 2.15. The zero-order valence-corrected chi connectivity index (χ0v) is 10.9. The molecule has 0 fully saturated rings. The second kappa shape index (κ2) is 5.89. The van der Waals surface area contributed by atoms with Crippen molar-refractivity contribution in [3.05, 3.63) is 23.8 Å². The van der Waals surface area contributed by atoms with E-state index in [1.165, 1.54) is 0 Å². The molecule has 0 heterocycles. The fourth-order valence-electron chi connectivity index (χ4n) is 1.55. The van der Waals surface area contributed by atoms with Crippen LogP contribution in [0, 0.1) is 6.92 Å². The molecule has 3 nitrogen and oxygen atoms in total. The Balaban J connectivity index is 2.62. The molecular formula is C12H20N2OS. The molecule has 1 aromatic carbocycles. The maximum absolute atomic E-state index is 11.0. The van der Waals surface area contributed by atoms with E-state index < -0.39 is 10.8 Å². The number of aryl methyl sites for hydroxylation is 1. The summed E-state index contributed by atoms with van der Waals surface area (Å²) < 4.78 is 11.0. The molecule has 0 radical (unpaired) electrons. The molecule has 0 bridgehead atoms. The van der Waals surface area contributed by atoms with E-state index in [2.05, 4.69) is 12.2 Å². The standard InChI is InChI=1S/C12H20N2OS/c1-9-5-4-6-11(13)12(9)14-10(2)7-8-16(3)15/h4-6,10,14H,7-8,13H2,1-3H3. The summed E-state index contributed by atoms with van der Waals surface area (Å²) in [6.07, 6.45) is 2.62. The van der Waals surface area contributed by atoms with Gasteiger partial charge in [-0.05, 0) is 31.9 Å². The van der Waals surface area contributed by atoms with Crippen LogP contribution in [0.15, 0.2) is 18.2 Å². The zero-order chi connectivity index (χ0) is 12.1. The SMILES string of the molecule is Cc1cccc(N)c1NC(C)CCS(C)=O.